The Morgan fingerprint density at radius 2 is 1.53 bits per heavy atom. The Hall–Kier alpha value is -1.35. The monoisotopic (exact) mass is 263 g/mol. The zero-order valence-electron chi connectivity index (χ0n) is 12.0. The van der Waals surface area contributed by atoms with E-state index in [1.165, 1.54) is 32.1 Å². The van der Waals surface area contributed by atoms with Gasteiger partial charge in [-0.15, -0.1) is 0 Å². The smallest absolute Gasteiger partial charge is 0.122 e. The molecular formula is C16H27N2O. The summed E-state index contributed by atoms with van der Waals surface area (Å²) in [5.74, 6) is 0.121. The highest BCUT2D eigenvalue weighted by molar-refractivity contribution is 5.94. The van der Waals surface area contributed by atoms with Crippen molar-refractivity contribution in [2.75, 3.05) is 6.61 Å². The van der Waals surface area contributed by atoms with Gasteiger partial charge in [-0.1, -0.05) is 75.8 Å². The summed E-state index contributed by atoms with van der Waals surface area (Å²) in [5.41, 5.74) is 5.97. The fourth-order valence-electron chi connectivity index (χ4n) is 1.68. The molecule has 0 saturated carbocycles. The maximum absolute atomic E-state index is 10.0. The number of hydrogen-bond acceptors (Lipinski definition) is 1. The second-order valence-electron chi connectivity index (χ2n) is 4.61. The van der Waals surface area contributed by atoms with Crippen molar-refractivity contribution in [1.29, 1.82) is 5.41 Å². The zero-order chi connectivity index (χ0) is 14.3. The average Bonchev–Trinajstić information content (AvgIpc) is 2.44. The first-order valence-corrected chi connectivity index (χ1v) is 7.20. The van der Waals surface area contributed by atoms with Crippen LogP contribution in [-0.2, 0) is 5.11 Å². The molecule has 0 atom stereocenters. The van der Waals surface area contributed by atoms with E-state index in [4.69, 9.17) is 11.1 Å². The molecule has 0 aliphatic rings. The molecule has 3 nitrogen and oxygen atoms in total. The Balaban J connectivity index is 0.000000342. The summed E-state index contributed by atoms with van der Waals surface area (Å²) in [6, 6.07) is 9.23. The molecular weight excluding hydrogens is 236 g/mol. The van der Waals surface area contributed by atoms with Crippen LogP contribution in [0.15, 0.2) is 30.3 Å². The van der Waals surface area contributed by atoms with Gasteiger partial charge in [0.2, 0.25) is 0 Å². The molecule has 3 heteroatoms. The van der Waals surface area contributed by atoms with Crippen molar-refractivity contribution in [3.05, 3.63) is 35.9 Å². The van der Waals surface area contributed by atoms with Crippen LogP contribution in [0.25, 0.3) is 0 Å². The molecule has 0 bridgehead atoms. The highest BCUT2D eigenvalue weighted by Crippen LogP contribution is 2.05. The first-order chi connectivity index (χ1) is 9.22. The summed E-state index contributed by atoms with van der Waals surface area (Å²) in [6.07, 6.45) is 8.64. The van der Waals surface area contributed by atoms with Crippen LogP contribution in [0.1, 0.15) is 57.4 Å². The minimum Gasteiger partial charge on any atom is -0.384 e. The van der Waals surface area contributed by atoms with Crippen molar-refractivity contribution >= 4 is 5.84 Å². The van der Waals surface area contributed by atoms with E-state index < -0.39 is 0 Å². The normalized spacial score (nSPS) is 9.58. The molecule has 0 heterocycles. The first kappa shape index (κ1) is 17.6. The minimum absolute atomic E-state index is 0.119. The van der Waals surface area contributed by atoms with Gasteiger partial charge in [0.1, 0.15) is 5.84 Å². The third-order valence-corrected chi connectivity index (χ3v) is 2.83. The van der Waals surface area contributed by atoms with Crippen molar-refractivity contribution in [3.63, 3.8) is 0 Å². The van der Waals surface area contributed by atoms with Gasteiger partial charge in [0, 0.05) is 5.56 Å². The molecule has 1 aromatic rings. The molecule has 0 fully saturated rings. The number of nitrogens with one attached hydrogen (secondary N) is 1. The van der Waals surface area contributed by atoms with E-state index in [0.29, 0.717) is 0 Å². The highest BCUT2D eigenvalue weighted by atomic mass is 16.2. The van der Waals surface area contributed by atoms with Crippen LogP contribution in [0.5, 0.6) is 0 Å². The Morgan fingerprint density at radius 1 is 1.00 bits per heavy atom. The zero-order valence-corrected chi connectivity index (χ0v) is 12.0. The summed E-state index contributed by atoms with van der Waals surface area (Å²) < 4.78 is 0. The Morgan fingerprint density at radius 3 is 1.95 bits per heavy atom. The lowest BCUT2D eigenvalue weighted by molar-refractivity contribution is 0.186. The number of nitrogens with two attached hydrogens (primary N) is 1. The van der Waals surface area contributed by atoms with E-state index >= 15 is 0 Å². The fourth-order valence-corrected chi connectivity index (χ4v) is 1.68. The van der Waals surface area contributed by atoms with Crippen LogP contribution in [0.4, 0.5) is 0 Å². The third kappa shape index (κ3) is 11.5. The second kappa shape index (κ2) is 13.1. The maximum atomic E-state index is 10.0. The van der Waals surface area contributed by atoms with Crippen LogP contribution in [-0.4, -0.2) is 12.4 Å². The number of nitrogen functional groups attached to an aromatic ring is 1. The molecule has 0 aliphatic carbocycles. The standard InChI is InChI=1S/C9H19O.C7H8N2/c1-2-3-4-5-6-7-8-9-10;8-7(9)6-4-2-1-3-5-6/h2-9H2,1H3;1-5H,(H3,8,9). The van der Waals surface area contributed by atoms with Gasteiger partial charge in [-0.05, 0) is 6.42 Å². The topological polar surface area (TPSA) is 69.8 Å². The molecule has 3 N–H and O–H groups in total. The molecule has 107 valence electrons. The van der Waals surface area contributed by atoms with Gasteiger partial charge in [0.05, 0.1) is 6.61 Å². The average molecular weight is 263 g/mol. The number of unbranched alkanes of at least 4 members (excludes halogenated alkanes) is 6. The minimum atomic E-state index is 0.119. The highest BCUT2D eigenvalue weighted by Gasteiger charge is 1.89. The molecule has 0 spiro atoms. The molecule has 1 rings (SSSR count). The van der Waals surface area contributed by atoms with Gasteiger partial charge in [-0.2, -0.15) is 0 Å². The molecule has 0 aliphatic heterocycles. The summed E-state index contributed by atoms with van der Waals surface area (Å²) in [7, 11) is 0. The molecule has 0 amide bonds. The number of rotatable bonds is 8. The van der Waals surface area contributed by atoms with E-state index in [9.17, 15) is 5.11 Å². The quantitative estimate of drug-likeness (QED) is 0.413. The number of amidine groups is 1. The van der Waals surface area contributed by atoms with Crippen LogP contribution >= 0.6 is 0 Å². The Kier molecular flexibility index (Phi) is 12.2. The molecule has 0 aromatic heterocycles. The molecule has 1 aromatic carbocycles. The second-order valence-corrected chi connectivity index (χ2v) is 4.61. The summed E-state index contributed by atoms with van der Waals surface area (Å²) in [4.78, 5) is 0. The fraction of sp³-hybridized carbons (Fsp3) is 0.562. The largest absolute Gasteiger partial charge is 0.384 e. The van der Waals surface area contributed by atoms with Crippen LogP contribution in [0.2, 0.25) is 0 Å². The van der Waals surface area contributed by atoms with Gasteiger partial charge in [0.15, 0.2) is 0 Å². The summed E-state index contributed by atoms with van der Waals surface area (Å²) >= 11 is 0. The van der Waals surface area contributed by atoms with Gasteiger partial charge in [0.25, 0.3) is 0 Å². The molecule has 1 radical (unpaired) electrons. The predicted molar refractivity (Wildman–Crippen MR) is 81.0 cm³/mol. The maximum Gasteiger partial charge on any atom is 0.122 e. The van der Waals surface area contributed by atoms with Gasteiger partial charge in [-0.25, -0.2) is 5.11 Å². The van der Waals surface area contributed by atoms with Crippen LogP contribution < -0.4 is 5.73 Å². The lowest BCUT2D eigenvalue weighted by Gasteiger charge is -1.97. The predicted octanol–water partition coefficient (Wildman–Crippen LogP) is 4.14. The Bertz CT molecular complexity index is 304. The van der Waals surface area contributed by atoms with Crippen LogP contribution in [0, 0.1) is 5.41 Å². The van der Waals surface area contributed by atoms with Gasteiger partial charge >= 0.3 is 0 Å². The van der Waals surface area contributed by atoms with E-state index in [1.54, 1.807) is 0 Å². The SMILES string of the molecule is CCCCCCCCC[O].N=C(N)c1ccccc1. The lowest BCUT2D eigenvalue weighted by atomic mass is 10.1. The van der Waals surface area contributed by atoms with Crippen molar-refractivity contribution in [3.8, 4) is 0 Å². The van der Waals surface area contributed by atoms with Crippen molar-refractivity contribution < 1.29 is 5.11 Å². The summed E-state index contributed by atoms with van der Waals surface area (Å²) in [6.45, 7) is 2.34. The first-order valence-electron chi connectivity index (χ1n) is 7.20. The third-order valence-electron chi connectivity index (χ3n) is 2.83. The van der Waals surface area contributed by atoms with Crippen molar-refractivity contribution in [2.24, 2.45) is 5.73 Å². The lowest BCUT2D eigenvalue weighted by Crippen LogP contribution is -2.10. The number of hydrogen-bond donors (Lipinski definition) is 2. The summed E-state index contributed by atoms with van der Waals surface area (Å²) in [5, 5.41) is 17.0. The Labute approximate surface area is 117 Å². The molecule has 0 saturated heterocycles. The number of benzene rings is 1. The van der Waals surface area contributed by atoms with Crippen molar-refractivity contribution in [1.82, 2.24) is 0 Å². The van der Waals surface area contributed by atoms with Crippen LogP contribution in [0.3, 0.4) is 0 Å². The molecule has 0 unspecified atom stereocenters. The van der Waals surface area contributed by atoms with E-state index in [0.717, 1.165) is 18.4 Å². The van der Waals surface area contributed by atoms with E-state index in [1.807, 2.05) is 30.3 Å². The van der Waals surface area contributed by atoms with Crippen molar-refractivity contribution in [2.45, 2.75) is 51.9 Å². The molecule has 19 heavy (non-hydrogen) atoms. The van der Waals surface area contributed by atoms with E-state index in [2.05, 4.69) is 6.92 Å². The van der Waals surface area contributed by atoms with Gasteiger partial charge in [-0.3, -0.25) is 5.41 Å². The van der Waals surface area contributed by atoms with E-state index in [-0.39, 0.29) is 12.4 Å². The van der Waals surface area contributed by atoms with Gasteiger partial charge < -0.3 is 5.73 Å².